The third-order valence-electron chi connectivity index (χ3n) is 7.60. The van der Waals surface area contributed by atoms with Gasteiger partial charge in [-0.1, -0.05) is 64.5 Å². The summed E-state index contributed by atoms with van der Waals surface area (Å²) in [4.78, 5) is 0. The van der Waals surface area contributed by atoms with Crippen LogP contribution in [0.1, 0.15) is 103 Å². The summed E-state index contributed by atoms with van der Waals surface area (Å²) in [5, 5.41) is 0. The summed E-state index contributed by atoms with van der Waals surface area (Å²) in [6, 6.07) is 8.96. The Morgan fingerprint density at radius 2 is 1.56 bits per heavy atom. The molecule has 3 unspecified atom stereocenters. The molecule has 27 heavy (non-hydrogen) atoms. The lowest BCUT2D eigenvalue weighted by Gasteiger charge is -2.41. The van der Waals surface area contributed by atoms with Crippen molar-refractivity contribution in [3.8, 4) is 5.75 Å². The topological polar surface area (TPSA) is 9.23 Å². The van der Waals surface area contributed by atoms with Crippen molar-refractivity contribution in [1.29, 1.82) is 0 Å². The van der Waals surface area contributed by atoms with E-state index in [-0.39, 0.29) is 0 Å². The van der Waals surface area contributed by atoms with E-state index in [1.807, 2.05) is 0 Å². The molecule has 2 saturated carbocycles. The summed E-state index contributed by atoms with van der Waals surface area (Å²) >= 11 is 0. The third-order valence-corrected chi connectivity index (χ3v) is 7.60. The lowest BCUT2D eigenvalue weighted by atomic mass is 9.65. The van der Waals surface area contributed by atoms with Crippen LogP contribution in [0.2, 0.25) is 0 Å². The predicted octanol–water partition coefficient (Wildman–Crippen LogP) is 7.99. The van der Waals surface area contributed by atoms with Crippen molar-refractivity contribution in [2.24, 2.45) is 23.7 Å². The van der Waals surface area contributed by atoms with Gasteiger partial charge in [0.2, 0.25) is 0 Å². The molecule has 0 heterocycles. The maximum atomic E-state index is 5.61. The van der Waals surface area contributed by atoms with Crippen molar-refractivity contribution in [2.45, 2.75) is 97.3 Å². The van der Waals surface area contributed by atoms with Crippen molar-refractivity contribution in [3.63, 3.8) is 0 Å². The average Bonchev–Trinajstić information content (AvgIpc) is 2.70. The first kappa shape index (κ1) is 20.7. The maximum Gasteiger partial charge on any atom is 0.119 e. The third kappa shape index (κ3) is 5.75. The van der Waals surface area contributed by atoms with Crippen LogP contribution >= 0.6 is 0 Å². The molecule has 0 saturated heterocycles. The second-order valence-corrected chi connectivity index (χ2v) is 9.44. The highest BCUT2D eigenvalue weighted by Crippen LogP contribution is 2.47. The minimum Gasteiger partial charge on any atom is -0.494 e. The molecule has 0 bridgehead atoms. The molecule has 3 rings (SSSR count). The summed E-state index contributed by atoms with van der Waals surface area (Å²) in [5.41, 5.74) is 1.53. The van der Waals surface area contributed by atoms with Gasteiger partial charge in [0.15, 0.2) is 0 Å². The van der Waals surface area contributed by atoms with Crippen molar-refractivity contribution in [2.75, 3.05) is 6.61 Å². The fourth-order valence-corrected chi connectivity index (χ4v) is 5.97. The zero-order chi connectivity index (χ0) is 19.1. The van der Waals surface area contributed by atoms with E-state index in [9.17, 15) is 0 Å². The van der Waals surface area contributed by atoms with Gasteiger partial charge in [0, 0.05) is 0 Å². The first-order valence-electron chi connectivity index (χ1n) is 11.9. The van der Waals surface area contributed by atoms with Gasteiger partial charge >= 0.3 is 0 Å². The highest BCUT2D eigenvalue weighted by atomic mass is 16.5. The standard InChI is InChI=1S/C26H42O/c1-4-6-7-8-21-9-11-22(12-10-21)24-15-18-26(20(3)19-24)23-13-16-25(17-14-23)27-5-2/h13-14,16-17,20-22,24,26H,4-12,15,18-19H2,1-3H3/t20?,21-,22-,24?,26?. The molecule has 0 aromatic heterocycles. The first-order chi connectivity index (χ1) is 13.2. The fourth-order valence-electron chi connectivity index (χ4n) is 5.97. The second kappa shape index (κ2) is 10.5. The normalized spacial score (nSPS) is 31.6. The molecule has 3 atom stereocenters. The quantitative estimate of drug-likeness (QED) is 0.421. The summed E-state index contributed by atoms with van der Waals surface area (Å²) < 4.78 is 5.61. The molecule has 1 aromatic carbocycles. The Bertz CT molecular complexity index is 526. The van der Waals surface area contributed by atoms with E-state index < -0.39 is 0 Å². The van der Waals surface area contributed by atoms with E-state index >= 15 is 0 Å². The Balaban J connectivity index is 1.46. The van der Waals surface area contributed by atoms with Crippen molar-refractivity contribution in [3.05, 3.63) is 29.8 Å². The van der Waals surface area contributed by atoms with Crippen LogP contribution in [-0.2, 0) is 0 Å². The number of ether oxygens (including phenoxy) is 1. The minimum absolute atomic E-state index is 0.752. The fraction of sp³-hybridized carbons (Fsp3) is 0.769. The van der Waals surface area contributed by atoms with Gasteiger partial charge in [-0.05, 0) is 86.3 Å². The molecule has 2 aliphatic rings. The number of unbranched alkanes of at least 4 members (excludes halogenated alkanes) is 2. The van der Waals surface area contributed by atoms with Crippen LogP contribution in [0.5, 0.6) is 5.75 Å². The first-order valence-corrected chi connectivity index (χ1v) is 11.9. The smallest absolute Gasteiger partial charge is 0.119 e. The van der Waals surface area contributed by atoms with Crippen LogP contribution in [-0.4, -0.2) is 6.61 Å². The highest BCUT2D eigenvalue weighted by Gasteiger charge is 2.34. The van der Waals surface area contributed by atoms with Gasteiger partial charge < -0.3 is 4.74 Å². The number of hydrogen-bond donors (Lipinski definition) is 0. The van der Waals surface area contributed by atoms with E-state index in [1.165, 1.54) is 76.2 Å². The molecule has 2 aliphatic carbocycles. The van der Waals surface area contributed by atoms with Crippen LogP contribution in [0.4, 0.5) is 0 Å². The van der Waals surface area contributed by atoms with Gasteiger partial charge in [0.25, 0.3) is 0 Å². The molecular weight excluding hydrogens is 328 g/mol. The van der Waals surface area contributed by atoms with Crippen molar-refractivity contribution >= 4 is 0 Å². The Morgan fingerprint density at radius 1 is 0.852 bits per heavy atom. The highest BCUT2D eigenvalue weighted by molar-refractivity contribution is 5.30. The van der Waals surface area contributed by atoms with Crippen LogP contribution in [0.15, 0.2) is 24.3 Å². The van der Waals surface area contributed by atoms with E-state index in [0.717, 1.165) is 41.9 Å². The SMILES string of the molecule is CCCCC[C@H]1CC[C@H](C2CCC(c3ccc(OCC)cc3)C(C)C2)CC1. The Labute approximate surface area is 168 Å². The maximum absolute atomic E-state index is 5.61. The minimum atomic E-state index is 0.752. The molecule has 2 fully saturated rings. The summed E-state index contributed by atoms with van der Waals surface area (Å²) in [6.07, 6.45) is 16.1. The molecule has 1 nitrogen and oxygen atoms in total. The van der Waals surface area contributed by atoms with Crippen LogP contribution in [0.25, 0.3) is 0 Å². The Hall–Kier alpha value is -0.980. The van der Waals surface area contributed by atoms with Crippen molar-refractivity contribution in [1.82, 2.24) is 0 Å². The van der Waals surface area contributed by atoms with Gasteiger partial charge in [0.1, 0.15) is 5.75 Å². The lowest BCUT2D eigenvalue weighted by molar-refractivity contribution is 0.130. The van der Waals surface area contributed by atoms with Gasteiger partial charge in [-0.2, -0.15) is 0 Å². The van der Waals surface area contributed by atoms with Gasteiger partial charge in [-0.15, -0.1) is 0 Å². The van der Waals surface area contributed by atoms with Crippen LogP contribution in [0.3, 0.4) is 0 Å². The molecule has 0 amide bonds. The Morgan fingerprint density at radius 3 is 2.19 bits per heavy atom. The molecule has 0 aliphatic heterocycles. The predicted molar refractivity (Wildman–Crippen MR) is 116 cm³/mol. The van der Waals surface area contributed by atoms with Gasteiger partial charge in [0.05, 0.1) is 6.61 Å². The zero-order valence-electron chi connectivity index (χ0n) is 18.1. The summed E-state index contributed by atoms with van der Waals surface area (Å²) in [5.74, 6) is 5.65. The molecular formula is C26H42O. The number of hydrogen-bond acceptors (Lipinski definition) is 1. The van der Waals surface area contributed by atoms with Gasteiger partial charge in [-0.3, -0.25) is 0 Å². The zero-order valence-corrected chi connectivity index (χ0v) is 18.1. The molecule has 0 radical (unpaired) electrons. The van der Waals surface area contributed by atoms with Gasteiger partial charge in [-0.25, -0.2) is 0 Å². The van der Waals surface area contributed by atoms with Crippen LogP contribution < -0.4 is 4.74 Å². The van der Waals surface area contributed by atoms with Crippen LogP contribution in [0, 0.1) is 23.7 Å². The largest absolute Gasteiger partial charge is 0.494 e. The Kier molecular flexibility index (Phi) is 8.09. The molecule has 0 N–H and O–H groups in total. The van der Waals surface area contributed by atoms with Crippen molar-refractivity contribution < 1.29 is 4.74 Å². The average molecular weight is 371 g/mol. The number of rotatable bonds is 8. The molecule has 1 aromatic rings. The summed E-state index contributed by atoms with van der Waals surface area (Å²) in [7, 11) is 0. The van der Waals surface area contributed by atoms with E-state index in [2.05, 4.69) is 45.0 Å². The lowest BCUT2D eigenvalue weighted by Crippen LogP contribution is -2.29. The molecule has 0 spiro atoms. The van der Waals surface area contributed by atoms with E-state index in [0.29, 0.717) is 0 Å². The van der Waals surface area contributed by atoms with E-state index in [4.69, 9.17) is 4.74 Å². The number of benzene rings is 1. The van der Waals surface area contributed by atoms with E-state index in [1.54, 1.807) is 0 Å². The molecule has 1 heteroatoms. The molecule has 152 valence electrons. The monoisotopic (exact) mass is 370 g/mol. The summed E-state index contributed by atoms with van der Waals surface area (Å²) in [6.45, 7) is 7.63. The second-order valence-electron chi connectivity index (χ2n) is 9.44.